The van der Waals surface area contributed by atoms with Gasteiger partial charge in [0.25, 0.3) is 0 Å². The molecule has 1 rings (SSSR count). The fraction of sp³-hybridized carbons (Fsp3) is 1.00. The Hall–Kier alpha value is 0.210. The highest BCUT2D eigenvalue weighted by molar-refractivity contribution is 6.18. The average molecular weight is 191 g/mol. The fourth-order valence-corrected chi connectivity index (χ4v) is 2.02. The summed E-state index contributed by atoms with van der Waals surface area (Å²) in [6.45, 7) is 3.49. The van der Waals surface area contributed by atoms with Crippen molar-refractivity contribution in [1.29, 1.82) is 0 Å². The molecule has 1 fully saturated rings. The molecule has 0 bridgehead atoms. The van der Waals surface area contributed by atoms with Crippen molar-refractivity contribution in [2.24, 2.45) is 0 Å². The normalized spacial score (nSPS) is 22.0. The van der Waals surface area contributed by atoms with Crippen molar-refractivity contribution in [3.63, 3.8) is 0 Å². The van der Waals surface area contributed by atoms with Crippen LogP contribution in [-0.2, 0) is 0 Å². The first kappa shape index (κ1) is 10.3. The Labute approximate surface area is 80.5 Å². The van der Waals surface area contributed by atoms with E-state index >= 15 is 0 Å². The largest absolute Gasteiger partial charge is 0.306 e. The van der Waals surface area contributed by atoms with Crippen LogP contribution in [0.1, 0.15) is 12.8 Å². The molecule has 0 spiro atoms. The van der Waals surface area contributed by atoms with E-state index in [-0.39, 0.29) is 0 Å². The van der Waals surface area contributed by atoms with Gasteiger partial charge in [-0.15, -0.1) is 11.6 Å². The molecule has 2 nitrogen and oxygen atoms in total. The number of nitrogens with zero attached hydrogens (tertiary/aromatic N) is 2. The summed E-state index contributed by atoms with van der Waals surface area (Å²) in [5.41, 5.74) is 0. The molecule has 0 aromatic carbocycles. The smallest absolute Gasteiger partial charge is 0.0351 e. The number of rotatable bonds is 3. The third-order valence-corrected chi connectivity index (χ3v) is 2.86. The van der Waals surface area contributed by atoms with Crippen molar-refractivity contribution in [2.45, 2.75) is 18.9 Å². The summed E-state index contributed by atoms with van der Waals surface area (Å²) in [6, 6.07) is 0.788. The lowest BCUT2D eigenvalue weighted by Gasteiger charge is -2.34. The van der Waals surface area contributed by atoms with Gasteiger partial charge in [-0.2, -0.15) is 0 Å². The molecule has 0 aromatic rings. The highest BCUT2D eigenvalue weighted by Gasteiger charge is 2.19. The molecule has 1 aliphatic rings. The lowest BCUT2D eigenvalue weighted by Crippen LogP contribution is -2.42. The summed E-state index contributed by atoms with van der Waals surface area (Å²) in [4.78, 5) is 4.78. The Kier molecular flexibility index (Phi) is 4.33. The van der Waals surface area contributed by atoms with Gasteiger partial charge in [-0.3, -0.25) is 0 Å². The Balaban J connectivity index is 2.20. The molecular formula is C9H19ClN2. The average Bonchev–Trinajstić information content (AvgIpc) is 2.06. The fourth-order valence-electron chi connectivity index (χ4n) is 1.78. The summed E-state index contributed by atoms with van der Waals surface area (Å²) in [5.74, 6) is 0.770. The van der Waals surface area contributed by atoms with E-state index in [2.05, 4.69) is 23.9 Å². The van der Waals surface area contributed by atoms with E-state index in [4.69, 9.17) is 11.6 Å². The monoisotopic (exact) mass is 190 g/mol. The van der Waals surface area contributed by atoms with Gasteiger partial charge < -0.3 is 9.80 Å². The molecule has 12 heavy (non-hydrogen) atoms. The van der Waals surface area contributed by atoms with Gasteiger partial charge in [0.1, 0.15) is 0 Å². The van der Waals surface area contributed by atoms with Gasteiger partial charge in [-0.1, -0.05) is 0 Å². The molecule has 0 aromatic heterocycles. The lowest BCUT2D eigenvalue weighted by molar-refractivity contribution is 0.150. The first-order valence-corrected chi connectivity index (χ1v) is 5.22. The van der Waals surface area contributed by atoms with Crippen LogP contribution in [-0.4, -0.2) is 55.5 Å². The number of halogens is 1. The maximum Gasteiger partial charge on any atom is 0.0351 e. The van der Waals surface area contributed by atoms with E-state index in [0.717, 1.165) is 18.5 Å². The highest BCUT2D eigenvalue weighted by atomic mass is 35.5. The summed E-state index contributed by atoms with van der Waals surface area (Å²) in [6.07, 6.45) is 2.59. The molecule has 0 saturated carbocycles. The predicted octanol–water partition coefficient (Wildman–Crippen LogP) is 1.25. The van der Waals surface area contributed by atoms with Crippen molar-refractivity contribution in [3.05, 3.63) is 0 Å². The van der Waals surface area contributed by atoms with E-state index in [9.17, 15) is 0 Å². The second-order valence-corrected chi connectivity index (χ2v) is 4.10. The SMILES string of the molecule is CN(C)C1CCN(CCCl)CC1. The predicted molar refractivity (Wildman–Crippen MR) is 53.9 cm³/mol. The molecule has 0 amide bonds. The van der Waals surface area contributed by atoms with Crippen LogP contribution in [0.2, 0.25) is 0 Å². The quantitative estimate of drug-likeness (QED) is 0.619. The molecule has 0 radical (unpaired) electrons. The minimum atomic E-state index is 0.770. The van der Waals surface area contributed by atoms with E-state index in [0.29, 0.717) is 0 Å². The van der Waals surface area contributed by atoms with Crippen molar-refractivity contribution >= 4 is 11.6 Å². The lowest BCUT2D eigenvalue weighted by atomic mass is 10.0. The maximum absolute atomic E-state index is 5.68. The Morgan fingerprint density at radius 3 is 2.33 bits per heavy atom. The molecule has 1 saturated heterocycles. The molecule has 0 unspecified atom stereocenters. The molecule has 0 N–H and O–H groups in total. The maximum atomic E-state index is 5.68. The van der Waals surface area contributed by atoms with Gasteiger partial charge in [0.15, 0.2) is 0 Å². The minimum Gasteiger partial charge on any atom is -0.306 e. The second-order valence-electron chi connectivity index (χ2n) is 3.73. The van der Waals surface area contributed by atoms with Gasteiger partial charge in [-0.25, -0.2) is 0 Å². The van der Waals surface area contributed by atoms with Crippen LogP contribution in [0.4, 0.5) is 0 Å². The standard InChI is InChI=1S/C9H19ClN2/c1-11(2)9-3-6-12(7-4-9)8-5-10/h9H,3-8H2,1-2H3. The second kappa shape index (κ2) is 5.05. The van der Waals surface area contributed by atoms with Crippen molar-refractivity contribution < 1.29 is 0 Å². The van der Waals surface area contributed by atoms with Gasteiger partial charge >= 0.3 is 0 Å². The third kappa shape index (κ3) is 2.92. The van der Waals surface area contributed by atoms with Gasteiger partial charge in [0.2, 0.25) is 0 Å². The van der Waals surface area contributed by atoms with Gasteiger partial charge in [-0.05, 0) is 40.0 Å². The first-order valence-electron chi connectivity index (χ1n) is 4.69. The summed E-state index contributed by atoms with van der Waals surface area (Å²) in [5, 5.41) is 0. The van der Waals surface area contributed by atoms with Crippen LogP contribution in [0.5, 0.6) is 0 Å². The van der Waals surface area contributed by atoms with Crippen LogP contribution in [0.3, 0.4) is 0 Å². The Bertz CT molecular complexity index is 120. The summed E-state index contributed by atoms with van der Waals surface area (Å²) in [7, 11) is 4.34. The highest BCUT2D eigenvalue weighted by Crippen LogP contribution is 2.13. The van der Waals surface area contributed by atoms with Gasteiger partial charge in [0.05, 0.1) is 0 Å². The van der Waals surface area contributed by atoms with E-state index in [1.165, 1.54) is 25.9 Å². The zero-order chi connectivity index (χ0) is 8.97. The van der Waals surface area contributed by atoms with Crippen LogP contribution in [0.15, 0.2) is 0 Å². The molecule has 72 valence electrons. The number of hydrogen-bond donors (Lipinski definition) is 0. The van der Waals surface area contributed by atoms with Crippen LogP contribution in [0, 0.1) is 0 Å². The number of hydrogen-bond acceptors (Lipinski definition) is 2. The Morgan fingerprint density at radius 2 is 1.92 bits per heavy atom. The number of piperidine rings is 1. The van der Waals surface area contributed by atoms with Crippen LogP contribution < -0.4 is 0 Å². The molecule has 3 heteroatoms. The molecule has 1 heterocycles. The molecule has 0 aliphatic carbocycles. The number of alkyl halides is 1. The van der Waals surface area contributed by atoms with Crippen LogP contribution >= 0.6 is 11.6 Å². The summed E-state index contributed by atoms with van der Waals surface area (Å²) >= 11 is 5.68. The van der Waals surface area contributed by atoms with Crippen molar-refractivity contribution in [2.75, 3.05) is 39.6 Å². The van der Waals surface area contributed by atoms with E-state index in [1.807, 2.05) is 0 Å². The first-order chi connectivity index (χ1) is 5.74. The molecule has 0 atom stereocenters. The zero-order valence-electron chi connectivity index (χ0n) is 8.09. The minimum absolute atomic E-state index is 0.770. The molecule has 1 aliphatic heterocycles. The summed E-state index contributed by atoms with van der Waals surface area (Å²) < 4.78 is 0. The van der Waals surface area contributed by atoms with E-state index in [1.54, 1.807) is 0 Å². The van der Waals surface area contributed by atoms with Crippen LogP contribution in [0.25, 0.3) is 0 Å². The van der Waals surface area contributed by atoms with E-state index < -0.39 is 0 Å². The van der Waals surface area contributed by atoms with Crippen molar-refractivity contribution in [1.82, 2.24) is 9.80 Å². The molecular weight excluding hydrogens is 172 g/mol. The van der Waals surface area contributed by atoms with Crippen molar-refractivity contribution in [3.8, 4) is 0 Å². The van der Waals surface area contributed by atoms with Gasteiger partial charge in [0, 0.05) is 18.5 Å². The Morgan fingerprint density at radius 1 is 1.33 bits per heavy atom. The zero-order valence-corrected chi connectivity index (χ0v) is 8.85. The number of likely N-dealkylation sites (tertiary alicyclic amines) is 1. The third-order valence-electron chi connectivity index (χ3n) is 2.69. The topological polar surface area (TPSA) is 6.48 Å².